The fourth-order valence-electron chi connectivity index (χ4n) is 4.36. The van der Waals surface area contributed by atoms with Gasteiger partial charge in [-0.2, -0.15) is 0 Å². The van der Waals surface area contributed by atoms with E-state index in [0.717, 1.165) is 0 Å². The SMILES string of the molecule is Cc1cc2c(ccc3sc(-c4ccc(-c5cc6c(ccc7sc(C)cc76)s5)s4)cc32)s1. The maximum atomic E-state index is 2.40. The van der Waals surface area contributed by atoms with Gasteiger partial charge in [-0.3, -0.25) is 0 Å². The number of benzene rings is 2. The molecule has 0 unspecified atom stereocenters. The summed E-state index contributed by atoms with van der Waals surface area (Å²) in [5, 5.41) is 5.60. The Morgan fingerprint density at radius 3 is 1.23 bits per heavy atom. The summed E-state index contributed by atoms with van der Waals surface area (Å²) in [4.78, 5) is 8.25. The van der Waals surface area contributed by atoms with Gasteiger partial charge >= 0.3 is 0 Å². The quantitative estimate of drug-likeness (QED) is 0.227. The third-order valence-corrected chi connectivity index (χ3v) is 11.4. The van der Waals surface area contributed by atoms with Gasteiger partial charge in [0.05, 0.1) is 0 Å². The molecule has 5 aromatic heterocycles. The van der Waals surface area contributed by atoms with E-state index < -0.39 is 0 Å². The predicted octanol–water partition coefficient (Wildman–Crippen LogP) is 10.6. The van der Waals surface area contributed by atoms with E-state index in [1.807, 2.05) is 56.7 Å². The first-order valence-corrected chi connectivity index (χ1v) is 14.2. The lowest BCUT2D eigenvalue weighted by atomic mass is 10.1. The standard InChI is InChI=1S/C26H16S5/c1-13-9-15-17-11-25(29-21(17)5-3-19(15)27-13)23-7-8-24(31-23)26-12-18-16-10-14(2)28-20(16)4-6-22(18)30-26/h3-12H,1-2H3. The maximum Gasteiger partial charge on any atom is 0.0455 e. The highest BCUT2D eigenvalue weighted by atomic mass is 32.1. The molecule has 0 spiro atoms. The van der Waals surface area contributed by atoms with Gasteiger partial charge in [0.2, 0.25) is 0 Å². The van der Waals surface area contributed by atoms with Crippen LogP contribution in [0.3, 0.4) is 0 Å². The van der Waals surface area contributed by atoms with Crippen molar-refractivity contribution in [3.63, 3.8) is 0 Å². The lowest BCUT2D eigenvalue weighted by Gasteiger charge is -1.90. The van der Waals surface area contributed by atoms with Crippen LogP contribution < -0.4 is 0 Å². The second-order valence-electron chi connectivity index (χ2n) is 7.88. The lowest BCUT2D eigenvalue weighted by Crippen LogP contribution is -1.64. The van der Waals surface area contributed by atoms with Crippen LogP contribution in [0.4, 0.5) is 0 Å². The van der Waals surface area contributed by atoms with Crippen LogP contribution in [0.15, 0.2) is 60.7 Å². The fourth-order valence-corrected chi connectivity index (χ4v) is 9.56. The number of hydrogen-bond donors (Lipinski definition) is 0. The molecule has 5 heteroatoms. The van der Waals surface area contributed by atoms with Crippen molar-refractivity contribution in [3.05, 3.63) is 70.4 Å². The fraction of sp³-hybridized carbons (Fsp3) is 0.0769. The summed E-state index contributed by atoms with van der Waals surface area (Å²) in [6.07, 6.45) is 0. The summed E-state index contributed by atoms with van der Waals surface area (Å²) in [6.45, 7) is 4.40. The smallest absolute Gasteiger partial charge is 0.0455 e. The molecule has 0 saturated heterocycles. The summed E-state index contributed by atoms with van der Waals surface area (Å²) in [5.74, 6) is 0. The number of aryl methyl sites for hydroxylation is 2. The highest BCUT2D eigenvalue weighted by Gasteiger charge is 2.14. The highest BCUT2D eigenvalue weighted by molar-refractivity contribution is 7.30. The average molecular weight is 489 g/mol. The van der Waals surface area contributed by atoms with Gasteiger partial charge in [-0.25, -0.2) is 0 Å². The van der Waals surface area contributed by atoms with Crippen LogP contribution in [-0.2, 0) is 0 Å². The molecule has 0 atom stereocenters. The summed E-state index contributed by atoms with van der Waals surface area (Å²) in [5.41, 5.74) is 0. The number of thiophene rings is 5. The van der Waals surface area contributed by atoms with E-state index in [9.17, 15) is 0 Å². The Morgan fingerprint density at radius 2 is 0.774 bits per heavy atom. The van der Waals surface area contributed by atoms with Crippen LogP contribution in [0.5, 0.6) is 0 Å². The Labute approximate surface area is 199 Å². The molecular weight excluding hydrogens is 473 g/mol. The van der Waals surface area contributed by atoms with Gasteiger partial charge in [0.25, 0.3) is 0 Å². The van der Waals surface area contributed by atoms with Crippen LogP contribution in [0.1, 0.15) is 9.75 Å². The molecule has 0 bridgehead atoms. The van der Waals surface area contributed by atoms with E-state index in [2.05, 4.69) is 74.5 Å². The van der Waals surface area contributed by atoms with Crippen molar-refractivity contribution in [3.8, 4) is 19.5 Å². The van der Waals surface area contributed by atoms with Crippen LogP contribution in [0.25, 0.3) is 59.9 Å². The van der Waals surface area contributed by atoms with Crippen molar-refractivity contribution in [2.45, 2.75) is 13.8 Å². The molecule has 0 radical (unpaired) electrons. The lowest BCUT2D eigenvalue weighted by molar-refractivity contribution is 1.66. The average Bonchev–Trinajstić information content (AvgIpc) is 3.52. The minimum absolute atomic E-state index is 1.37. The zero-order valence-electron chi connectivity index (χ0n) is 16.8. The Kier molecular flexibility index (Phi) is 4.03. The topological polar surface area (TPSA) is 0 Å². The minimum atomic E-state index is 1.37. The number of fused-ring (bicyclic) bond motifs is 6. The van der Waals surface area contributed by atoms with E-state index in [0.29, 0.717) is 0 Å². The molecule has 2 aromatic carbocycles. The first-order valence-electron chi connectivity index (χ1n) is 10.1. The van der Waals surface area contributed by atoms with Gasteiger partial charge in [-0.05, 0) is 74.5 Å². The molecule has 7 rings (SSSR count). The Hall–Kier alpha value is -2.02. The van der Waals surface area contributed by atoms with Crippen LogP contribution >= 0.6 is 56.7 Å². The van der Waals surface area contributed by atoms with Gasteiger partial charge in [-0.15, -0.1) is 56.7 Å². The van der Waals surface area contributed by atoms with Crippen molar-refractivity contribution in [1.29, 1.82) is 0 Å². The van der Waals surface area contributed by atoms with Gasteiger partial charge in [0.1, 0.15) is 0 Å². The van der Waals surface area contributed by atoms with Crippen molar-refractivity contribution >= 4 is 97.0 Å². The molecule has 0 amide bonds. The Morgan fingerprint density at radius 1 is 0.387 bits per heavy atom. The van der Waals surface area contributed by atoms with Crippen LogP contribution in [-0.4, -0.2) is 0 Å². The molecule has 0 aliphatic heterocycles. The second kappa shape index (κ2) is 6.74. The van der Waals surface area contributed by atoms with Gasteiger partial charge in [0.15, 0.2) is 0 Å². The number of rotatable bonds is 2. The van der Waals surface area contributed by atoms with E-state index >= 15 is 0 Å². The van der Waals surface area contributed by atoms with Crippen molar-refractivity contribution in [2.75, 3.05) is 0 Å². The normalized spacial score (nSPS) is 12.2. The van der Waals surface area contributed by atoms with E-state index in [1.54, 1.807) is 0 Å². The summed E-state index contributed by atoms with van der Waals surface area (Å²) < 4.78 is 5.54. The van der Waals surface area contributed by atoms with E-state index in [1.165, 1.54) is 69.6 Å². The molecule has 0 aliphatic carbocycles. The minimum Gasteiger partial charge on any atom is -0.141 e. The summed E-state index contributed by atoms with van der Waals surface area (Å²) >= 11 is 9.52. The first-order chi connectivity index (χ1) is 15.1. The largest absolute Gasteiger partial charge is 0.141 e. The molecule has 31 heavy (non-hydrogen) atoms. The monoisotopic (exact) mass is 488 g/mol. The van der Waals surface area contributed by atoms with Gasteiger partial charge in [-0.1, -0.05) is 0 Å². The van der Waals surface area contributed by atoms with Crippen LogP contribution in [0.2, 0.25) is 0 Å². The molecular formula is C26H16S5. The van der Waals surface area contributed by atoms with Crippen molar-refractivity contribution < 1.29 is 0 Å². The maximum absolute atomic E-state index is 2.40. The van der Waals surface area contributed by atoms with Crippen molar-refractivity contribution in [2.24, 2.45) is 0 Å². The Balaban J connectivity index is 1.34. The molecule has 0 fully saturated rings. The zero-order valence-corrected chi connectivity index (χ0v) is 20.9. The molecule has 150 valence electrons. The highest BCUT2D eigenvalue weighted by Crippen LogP contribution is 2.46. The number of hydrogen-bond acceptors (Lipinski definition) is 5. The van der Waals surface area contributed by atoms with Gasteiger partial charge < -0.3 is 0 Å². The van der Waals surface area contributed by atoms with Crippen molar-refractivity contribution in [1.82, 2.24) is 0 Å². The molecule has 7 aromatic rings. The third kappa shape index (κ3) is 2.88. The molecule has 5 heterocycles. The predicted molar refractivity (Wildman–Crippen MR) is 146 cm³/mol. The molecule has 0 saturated carbocycles. The molecule has 0 N–H and O–H groups in total. The third-order valence-electron chi connectivity index (χ3n) is 5.73. The second-order valence-corrected chi connectivity index (χ2v) is 13.7. The first kappa shape index (κ1) is 18.5. The zero-order chi connectivity index (χ0) is 20.7. The van der Waals surface area contributed by atoms with Crippen LogP contribution in [0, 0.1) is 13.8 Å². The summed E-state index contributed by atoms with van der Waals surface area (Å²) in [6, 6.07) is 23.2. The van der Waals surface area contributed by atoms with E-state index in [4.69, 9.17) is 0 Å². The van der Waals surface area contributed by atoms with Gasteiger partial charge in [0, 0.05) is 69.6 Å². The Bertz CT molecular complexity index is 1630. The van der Waals surface area contributed by atoms with E-state index in [-0.39, 0.29) is 0 Å². The molecule has 0 nitrogen and oxygen atoms in total. The molecule has 0 aliphatic rings. The summed E-state index contributed by atoms with van der Waals surface area (Å²) in [7, 11) is 0.